The number of hydrogen-bond acceptors (Lipinski definition) is 4. The van der Waals surface area contributed by atoms with Gasteiger partial charge in [-0.05, 0) is 0 Å². The monoisotopic (exact) mass is 226 g/mol. The lowest BCUT2D eigenvalue weighted by Gasteiger charge is -2.00. The van der Waals surface area contributed by atoms with Crippen LogP contribution in [0.2, 0.25) is 10.0 Å². The molecule has 60 valence electrons. The number of nitrogens with zero attached hydrogens (tertiary/aromatic N) is 1. The Bertz CT molecular complexity index is 256. The van der Waals surface area contributed by atoms with E-state index in [1.807, 2.05) is 0 Å². The van der Waals surface area contributed by atoms with Gasteiger partial charge in [0.1, 0.15) is 5.82 Å². The summed E-state index contributed by atoms with van der Waals surface area (Å²) in [6.07, 6.45) is 1.48. The van der Waals surface area contributed by atoms with Crippen LogP contribution in [-0.4, -0.2) is 4.98 Å². The van der Waals surface area contributed by atoms with Crippen molar-refractivity contribution in [3.63, 3.8) is 0 Å². The van der Waals surface area contributed by atoms with Crippen molar-refractivity contribution < 1.29 is 0 Å². The predicted octanol–water partition coefficient (Wildman–Crippen LogP) is 3.29. The molecule has 11 heavy (non-hydrogen) atoms. The Morgan fingerprint density at radius 2 is 2.18 bits per heavy atom. The Morgan fingerprint density at radius 3 is 2.73 bits per heavy atom. The Kier molecular flexibility index (Phi) is 3.65. The number of halogens is 2. The molecule has 0 aliphatic carbocycles. The summed E-state index contributed by atoms with van der Waals surface area (Å²) >= 11 is 15.2. The van der Waals surface area contributed by atoms with E-state index in [4.69, 9.17) is 23.2 Å². The van der Waals surface area contributed by atoms with Gasteiger partial charge in [0.25, 0.3) is 0 Å². The smallest absolute Gasteiger partial charge is 0.137 e. The first kappa shape index (κ1) is 9.32. The third kappa shape index (κ3) is 2.63. The Labute approximate surface area is 83.6 Å². The first-order chi connectivity index (χ1) is 5.24. The maximum absolute atomic E-state index is 5.70. The number of pyridine rings is 1. The minimum absolute atomic E-state index is 0.446. The van der Waals surface area contributed by atoms with Crippen molar-refractivity contribution in [2.45, 2.75) is 0 Å². The number of rotatable bonds is 2. The zero-order chi connectivity index (χ0) is 8.27. The van der Waals surface area contributed by atoms with E-state index >= 15 is 0 Å². The van der Waals surface area contributed by atoms with E-state index in [0.29, 0.717) is 15.9 Å². The molecule has 0 fully saturated rings. The van der Waals surface area contributed by atoms with Gasteiger partial charge in [-0.2, -0.15) is 0 Å². The fourth-order valence-corrected chi connectivity index (χ4v) is 1.26. The van der Waals surface area contributed by atoms with Crippen molar-refractivity contribution in [1.29, 1.82) is 0 Å². The summed E-state index contributed by atoms with van der Waals surface area (Å²) in [5.41, 5.74) is 0. The summed E-state index contributed by atoms with van der Waals surface area (Å²) in [5, 5.41) is 0.924. The minimum atomic E-state index is 0.446. The third-order valence-electron chi connectivity index (χ3n) is 0.959. The van der Waals surface area contributed by atoms with Crippen molar-refractivity contribution in [3.05, 3.63) is 22.3 Å². The van der Waals surface area contributed by atoms with Crippen molar-refractivity contribution >= 4 is 51.7 Å². The largest absolute Gasteiger partial charge is 0.305 e. The molecular weight excluding hydrogens is 223 g/mol. The predicted molar refractivity (Wildman–Crippen MR) is 54.5 cm³/mol. The maximum Gasteiger partial charge on any atom is 0.137 e. The summed E-state index contributed by atoms with van der Waals surface area (Å²) in [6.45, 7) is 0. The molecule has 0 unspecified atom stereocenters. The number of hydrogen-bond donors (Lipinski definition) is 2. The maximum atomic E-state index is 5.70. The summed E-state index contributed by atoms with van der Waals surface area (Å²) in [4.78, 5) is 3.93. The average Bonchev–Trinajstić information content (AvgIpc) is 1.98. The van der Waals surface area contributed by atoms with Crippen LogP contribution in [0.15, 0.2) is 12.3 Å². The van der Waals surface area contributed by atoms with Crippen LogP contribution in [0.5, 0.6) is 0 Å². The highest BCUT2D eigenvalue weighted by Crippen LogP contribution is 2.24. The molecule has 0 saturated carbocycles. The van der Waals surface area contributed by atoms with Gasteiger partial charge in [-0.1, -0.05) is 34.9 Å². The lowest BCUT2D eigenvalue weighted by Crippen LogP contribution is -1.86. The first-order valence-electron chi connectivity index (χ1n) is 2.61. The second kappa shape index (κ2) is 4.30. The van der Waals surface area contributed by atoms with E-state index in [0.717, 1.165) is 11.0 Å². The minimum Gasteiger partial charge on any atom is -0.305 e. The van der Waals surface area contributed by atoms with Gasteiger partial charge in [-0.3, -0.25) is 0 Å². The van der Waals surface area contributed by atoms with Crippen LogP contribution in [0, 0.1) is 0 Å². The molecule has 0 bridgehead atoms. The molecule has 1 aromatic heterocycles. The summed E-state index contributed by atoms with van der Waals surface area (Å²) in [7, 11) is 1.15. The molecule has 0 radical (unpaired) electrons. The van der Waals surface area contributed by atoms with Crippen LogP contribution in [0.1, 0.15) is 0 Å². The highest BCUT2D eigenvalue weighted by atomic mass is 35.5. The molecular formula is C5H4Cl2N2S2. The zero-order valence-electron chi connectivity index (χ0n) is 5.21. The Balaban J connectivity index is 2.86. The molecule has 1 heterocycles. The SMILES string of the molecule is SSNc1cc(Cl)c(Cl)cn1. The second-order valence-corrected chi connectivity index (χ2v) is 3.43. The van der Waals surface area contributed by atoms with Gasteiger partial charge in [0.05, 0.1) is 10.0 Å². The third-order valence-corrected chi connectivity index (χ3v) is 2.24. The molecule has 1 aromatic rings. The molecule has 6 heteroatoms. The quantitative estimate of drug-likeness (QED) is 0.460. The molecule has 1 N–H and O–H groups in total. The highest BCUT2D eigenvalue weighted by Gasteiger charge is 1.98. The first-order valence-corrected chi connectivity index (χ1v) is 5.24. The van der Waals surface area contributed by atoms with Crippen LogP contribution in [-0.2, 0) is 0 Å². The van der Waals surface area contributed by atoms with Crippen molar-refractivity contribution in [2.75, 3.05) is 4.72 Å². The molecule has 0 aliphatic rings. The van der Waals surface area contributed by atoms with E-state index in [1.54, 1.807) is 6.07 Å². The molecule has 1 rings (SSSR count). The van der Waals surface area contributed by atoms with Crippen LogP contribution < -0.4 is 4.72 Å². The van der Waals surface area contributed by atoms with Crippen LogP contribution in [0.4, 0.5) is 5.82 Å². The van der Waals surface area contributed by atoms with Gasteiger partial charge in [-0.25, -0.2) is 4.98 Å². The molecule has 0 saturated heterocycles. The van der Waals surface area contributed by atoms with Crippen LogP contribution in [0.3, 0.4) is 0 Å². The normalized spacial score (nSPS) is 9.73. The van der Waals surface area contributed by atoms with E-state index in [-0.39, 0.29) is 0 Å². The lowest BCUT2D eigenvalue weighted by atomic mass is 10.5. The lowest BCUT2D eigenvalue weighted by molar-refractivity contribution is 1.34. The average molecular weight is 227 g/mol. The van der Waals surface area contributed by atoms with Gasteiger partial charge in [0.15, 0.2) is 0 Å². The van der Waals surface area contributed by atoms with Gasteiger partial charge in [0, 0.05) is 23.2 Å². The summed E-state index contributed by atoms with van der Waals surface area (Å²) in [6, 6.07) is 1.63. The van der Waals surface area contributed by atoms with Crippen molar-refractivity contribution in [1.82, 2.24) is 4.98 Å². The van der Waals surface area contributed by atoms with E-state index < -0.39 is 0 Å². The number of anilines is 1. The number of thiol groups is 1. The Morgan fingerprint density at radius 1 is 1.45 bits per heavy atom. The zero-order valence-corrected chi connectivity index (χ0v) is 8.44. The van der Waals surface area contributed by atoms with E-state index in [9.17, 15) is 0 Å². The fraction of sp³-hybridized carbons (Fsp3) is 0. The van der Waals surface area contributed by atoms with E-state index in [1.165, 1.54) is 6.20 Å². The fourth-order valence-electron chi connectivity index (χ4n) is 0.517. The topological polar surface area (TPSA) is 24.9 Å². The molecule has 0 spiro atoms. The van der Waals surface area contributed by atoms with E-state index in [2.05, 4.69) is 21.4 Å². The number of aromatic nitrogens is 1. The standard InChI is InChI=1S/C5H4Cl2N2S2/c6-3-1-5(9-11-10)8-2-4(3)7/h1-2,10H,(H,8,9). The summed E-state index contributed by atoms with van der Waals surface area (Å²) < 4.78 is 2.80. The van der Waals surface area contributed by atoms with Crippen LogP contribution >= 0.6 is 45.8 Å². The molecule has 0 aromatic carbocycles. The molecule has 2 nitrogen and oxygen atoms in total. The van der Waals surface area contributed by atoms with Crippen LogP contribution in [0.25, 0.3) is 0 Å². The molecule has 0 atom stereocenters. The number of nitrogens with one attached hydrogen (secondary N) is 1. The highest BCUT2D eigenvalue weighted by molar-refractivity contribution is 8.69. The van der Waals surface area contributed by atoms with Gasteiger partial charge >= 0.3 is 0 Å². The molecule has 0 aliphatic heterocycles. The van der Waals surface area contributed by atoms with Gasteiger partial charge in [-0.15, -0.1) is 0 Å². The van der Waals surface area contributed by atoms with Crippen molar-refractivity contribution in [2.24, 2.45) is 0 Å². The van der Waals surface area contributed by atoms with Gasteiger partial charge in [0.2, 0.25) is 0 Å². The molecule has 0 amide bonds. The van der Waals surface area contributed by atoms with Crippen molar-refractivity contribution in [3.8, 4) is 0 Å². The Hall–Kier alpha value is 0.230. The summed E-state index contributed by atoms with van der Waals surface area (Å²) in [5.74, 6) is 0.638. The second-order valence-electron chi connectivity index (χ2n) is 1.68. The van der Waals surface area contributed by atoms with Gasteiger partial charge < -0.3 is 4.72 Å².